The summed E-state index contributed by atoms with van der Waals surface area (Å²) < 4.78 is 39.2. The van der Waals surface area contributed by atoms with Gasteiger partial charge in [0.05, 0.1) is 34.2 Å². The summed E-state index contributed by atoms with van der Waals surface area (Å²) in [4.78, 5) is 25.4. The lowest BCUT2D eigenvalue weighted by molar-refractivity contribution is -0.162. The first kappa shape index (κ1) is 35.1. The summed E-state index contributed by atoms with van der Waals surface area (Å²) >= 11 is 0. The van der Waals surface area contributed by atoms with Gasteiger partial charge in [0, 0.05) is 0 Å². The first-order valence-corrected chi connectivity index (χ1v) is 17.1. The number of carbonyl (C=O) groups excluding carboxylic acids is 2. The van der Waals surface area contributed by atoms with E-state index >= 15 is 0 Å². The van der Waals surface area contributed by atoms with E-state index in [-0.39, 0.29) is 5.97 Å². The third-order valence-corrected chi connectivity index (χ3v) is 11.3. The van der Waals surface area contributed by atoms with Crippen LogP contribution in [0.2, 0.25) is 0 Å². The van der Waals surface area contributed by atoms with Gasteiger partial charge < -0.3 is 9.47 Å². The van der Waals surface area contributed by atoms with E-state index in [2.05, 4.69) is 6.07 Å². The first-order valence-electron chi connectivity index (χ1n) is 15.5. The lowest BCUT2D eigenvalue weighted by Gasteiger charge is -2.35. The van der Waals surface area contributed by atoms with E-state index in [1.807, 2.05) is 20.8 Å². The van der Waals surface area contributed by atoms with Gasteiger partial charge >= 0.3 is 11.9 Å². The van der Waals surface area contributed by atoms with E-state index in [0.717, 1.165) is 51.4 Å². The van der Waals surface area contributed by atoms with Crippen molar-refractivity contribution in [3.8, 4) is 6.07 Å². The summed E-state index contributed by atoms with van der Waals surface area (Å²) in [5, 5.41) is 8.00. The van der Waals surface area contributed by atoms with Crippen LogP contribution in [0.4, 0.5) is 0 Å². The number of hydrogen-bond donors (Lipinski definition) is 0. The predicted octanol–water partition coefficient (Wildman–Crippen LogP) is 7.41. The molecule has 7 nitrogen and oxygen atoms in total. The highest BCUT2D eigenvalue weighted by atomic mass is 32.2. The highest BCUT2D eigenvalue weighted by molar-refractivity contribution is 7.93. The van der Waals surface area contributed by atoms with Gasteiger partial charge in [-0.25, -0.2) is 8.42 Å². The molecular formula is C33H53NO6S. The fourth-order valence-corrected chi connectivity index (χ4v) is 8.69. The monoisotopic (exact) mass is 591 g/mol. The maximum absolute atomic E-state index is 14.2. The number of nitrogens with zero attached hydrogens (tertiary/aromatic N) is 1. The van der Waals surface area contributed by atoms with Crippen molar-refractivity contribution in [3.05, 3.63) is 24.3 Å². The molecule has 1 saturated carbocycles. The van der Waals surface area contributed by atoms with Gasteiger partial charge in [0.2, 0.25) is 0 Å². The number of hydrogen-bond acceptors (Lipinski definition) is 7. The highest BCUT2D eigenvalue weighted by Gasteiger charge is 2.63. The lowest BCUT2D eigenvalue weighted by Crippen LogP contribution is -2.48. The van der Waals surface area contributed by atoms with Crippen LogP contribution >= 0.6 is 0 Å². The van der Waals surface area contributed by atoms with E-state index in [4.69, 9.17) is 9.47 Å². The molecule has 0 N–H and O–H groups in total. The Morgan fingerprint density at radius 2 is 1.54 bits per heavy atom. The van der Waals surface area contributed by atoms with Crippen molar-refractivity contribution >= 4 is 21.8 Å². The fourth-order valence-electron chi connectivity index (χ4n) is 5.76. The molecular weight excluding hydrogens is 538 g/mol. The normalized spacial score (nSPS) is 22.5. The Balaban J connectivity index is 1.94. The van der Waals surface area contributed by atoms with Gasteiger partial charge in [-0.3, -0.25) is 9.59 Å². The molecule has 2 aliphatic rings. The Morgan fingerprint density at radius 3 is 2.05 bits per heavy atom. The summed E-state index contributed by atoms with van der Waals surface area (Å²) in [7, 11) is -3.86. The van der Waals surface area contributed by atoms with Crippen molar-refractivity contribution in [2.75, 3.05) is 6.61 Å². The molecule has 0 amide bonds. The quantitative estimate of drug-likeness (QED) is 0.128. The van der Waals surface area contributed by atoms with Gasteiger partial charge in [0.1, 0.15) is 10.9 Å². The van der Waals surface area contributed by atoms with Crippen LogP contribution in [0, 0.1) is 27.6 Å². The Morgan fingerprint density at radius 1 is 0.976 bits per heavy atom. The minimum absolute atomic E-state index is 0.131. The van der Waals surface area contributed by atoms with Crippen molar-refractivity contribution in [2.45, 2.75) is 142 Å². The SMILES string of the molecule is CCOC(=O)C(C)(C)CCCCCCCCCCC(C1(C(=O)OC(C)(C)C)CC1)S(=O)(=O)C1C=CC=CC1(C)C#N. The second kappa shape index (κ2) is 14.4. The molecule has 0 aromatic rings. The lowest BCUT2D eigenvalue weighted by atomic mass is 9.85. The fraction of sp³-hybridized carbons (Fsp3) is 0.788. The predicted molar refractivity (Wildman–Crippen MR) is 163 cm³/mol. The molecule has 41 heavy (non-hydrogen) atoms. The zero-order chi connectivity index (χ0) is 31.0. The molecule has 0 heterocycles. The largest absolute Gasteiger partial charge is 0.466 e. The van der Waals surface area contributed by atoms with Crippen LogP contribution in [0.5, 0.6) is 0 Å². The highest BCUT2D eigenvalue weighted by Crippen LogP contribution is 2.56. The molecule has 0 spiro atoms. The van der Waals surface area contributed by atoms with E-state index in [1.54, 1.807) is 52.0 Å². The van der Waals surface area contributed by atoms with Crippen LogP contribution < -0.4 is 0 Å². The maximum Gasteiger partial charge on any atom is 0.313 e. The molecule has 0 aliphatic heterocycles. The summed E-state index contributed by atoms with van der Waals surface area (Å²) in [6, 6.07) is 2.20. The Hall–Kier alpha value is -2.14. The van der Waals surface area contributed by atoms with E-state index in [1.165, 1.54) is 0 Å². The zero-order valence-electron chi connectivity index (χ0n) is 26.5. The first-order chi connectivity index (χ1) is 19.1. The average Bonchev–Trinajstić information content (AvgIpc) is 3.68. The van der Waals surface area contributed by atoms with Crippen molar-refractivity contribution in [3.63, 3.8) is 0 Å². The Labute approximate surface area is 249 Å². The molecule has 232 valence electrons. The third-order valence-electron chi connectivity index (χ3n) is 8.48. The number of allylic oxidation sites excluding steroid dienone is 3. The molecule has 8 heteroatoms. The Kier molecular flexibility index (Phi) is 12.3. The summed E-state index contributed by atoms with van der Waals surface area (Å²) in [5.41, 5.74) is -3.36. The smallest absolute Gasteiger partial charge is 0.313 e. The van der Waals surface area contributed by atoms with Crippen molar-refractivity contribution in [1.29, 1.82) is 5.26 Å². The maximum atomic E-state index is 14.2. The van der Waals surface area contributed by atoms with Crippen LogP contribution in [0.3, 0.4) is 0 Å². The summed E-state index contributed by atoms with van der Waals surface area (Å²) in [6.07, 6.45) is 16.8. The van der Waals surface area contributed by atoms with Crippen molar-refractivity contribution in [1.82, 2.24) is 0 Å². The average molecular weight is 592 g/mol. The van der Waals surface area contributed by atoms with Gasteiger partial charge in [-0.1, -0.05) is 75.7 Å². The molecule has 0 aromatic heterocycles. The van der Waals surface area contributed by atoms with Crippen LogP contribution in [-0.2, 0) is 28.9 Å². The van der Waals surface area contributed by atoms with E-state index < -0.39 is 48.2 Å². The van der Waals surface area contributed by atoms with Crippen LogP contribution in [0.25, 0.3) is 0 Å². The standard InChI is InChI=1S/C33H53NO6S/c1-8-39-28(35)31(5,6)21-17-14-12-10-9-11-13-15-20-27(33(23-24-33)29(36)40-30(2,3)4)41(37,38)26-19-16-18-22-32(26,7)25-34/h16,18-19,22,26-27H,8-15,17,20-21,23-24H2,1-7H3. The van der Waals surface area contributed by atoms with E-state index in [0.29, 0.717) is 32.3 Å². The molecule has 0 radical (unpaired) electrons. The van der Waals surface area contributed by atoms with Crippen molar-refractivity contribution < 1.29 is 27.5 Å². The topological polar surface area (TPSA) is 111 Å². The molecule has 2 rings (SSSR count). The molecule has 0 aromatic carbocycles. The second-order valence-corrected chi connectivity index (χ2v) is 16.0. The number of esters is 2. The zero-order valence-corrected chi connectivity index (χ0v) is 27.3. The molecule has 1 fully saturated rings. The van der Waals surface area contributed by atoms with Gasteiger partial charge in [-0.2, -0.15) is 5.26 Å². The second-order valence-electron chi connectivity index (χ2n) is 13.8. The third kappa shape index (κ3) is 9.43. The number of carbonyl (C=O) groups is 2. The molecule has 0 bridgehead atoms. The van der Waals surface area contributed by atoms with Gasteiger partial charge in [0.15, 0.2) is 9.84 Å². The molecule has 3 unspecified atom stereocenters. The number of unbranched alkanes of at least 4 members (excludes halogenated alkanes) is 7. The number of rotatable bonds is 17. The minimum Gasteiger partial charge on any atom is -0.466 e. The summed E-state index contributed by atoms with van der Waals surface area (Å²) in [6.45, 7) is 13.2. The number of nitriles is 1. The van der Waals surface area contributed by atoms with Gasteiger partial charge in [0.25, 0.3) is 0 Å². The number of sulfone groups is 1. The number of ether oxygens (including phenoxy) is 2. The molecule has 3 atom stereocenters. The minimum atomic E-state index is -3.86. The van der Waals surface area contributed by atoms with Crippen LogP contribution in [-0.4, -0.2) is 43.1 Å². The molecule has 2 aliphatic carbocycles. The van der Waals surface area contributed by atoms with E-state index in [9.17, 15) is 23.3 Å². The molecule has 0 saturated heterocycles. The van der Waals surface area contributed by atoms with Gasteiger partial charge in [-0.05, 0) is 74.1 Å². The van der Waals surface area contributed by atoms with Crippen molar-refractivity contribution in [2.24, 2.45) is 16.2 Å². The summed E-state index contributed by atoms with van der Waals surface area (Å²) in [5.74, 6) is -0.563. The van der Waals surface area contributed by atoms with Crippen LogP contribution in [0.15, 0.2) is 24.3 Å². The van der Waals surface area contributed by atoms with Gasteiger partial charge in [-0.15, -0.1) is 0 Å². The van der Waals surface area contributed by atoms with Crippen LogP contribution in [0.1, 0.15) is 126 Å². The Bertz CT molecular complexity index is 1100.